The smallest absolute Gasteiger partial charge is 0.260 e. The highest BCUT2D eigenvalue weighted by Gasteiger charge is 2.21. The molecule has 0 aromatic heterocycles. The molecule has 1 aromatic rings. The summed E-state index contributed by atoms with van der Waals surface area (Å²) in [5, 5.41) is 3.08. The van der Waals surface area contributed by atoms with Crippen molar-refractivity contribution in [1.29, 1.82) is 0 Å². The van der Waals surface area contributed by atoms with Gasteiger partial charge in [0.15, 0.2) is 6.10 Å². The minimum Gasteiger partial charge on any atom is -0.480 e. The van der Waals surface area contributed by atoms with Crippen LogP contribution in [0.2, 0.25) is 0 Å². The van der Waals surface area contributed by atoms with E-state index >= 15 is 0 Å². The summed E-state index contributed by atoms with van der Waals surface area (Å²) >= 11 is 3.42. The van der Waals surface area contributed by atoms with E-state index in [1.807, 2.05) is 24.3 Å². The van der Waals surface area contributed by atoms with E-state index in [2.05, 4.69) is 21.2 Å². The topological polar surface area (TPSA) is 38.3 Å². The van der Waals surface area contributed by atoms with Crippen molar-refractivity contribution in [3.05, 3.63) is 28.7 Å². The van der Waals surface area contributed by atoms with Crippen LogP contribution >= 0.6 is 15.9 Å². The predicted molar refractivity (Wildman–Crippen MR) is 79.2 cm³/mol. The Morgan fingerprint density at radius 3 is 2.68 bits per heavy atom. The first-order valence-corrected chi connectivity index (χ1v) is 7.67. The Bertz CT molecular complexity index is 430. The molecule has 0 spiro atoms. The van der Waals surface area contributed by atoms with Crippen LogP contribution in [-0.2, 0) is 4.79 Å². The molecule has 1 N–H and O–H groups in total. The summed E-state index contributed by atoms with van der Waals surface area (Å²) in [5.74, 6) is 0.677. The quantitative estimate of drug-likeness (QED) is 0.917. The number of carbonyl (C=O) groups excluding carboxylic acids is 1. The van der Waals surface area contributed by atoms with Crippen molar-refractivity contribution < 1.29 is 9.53 Å². The molecule has 4 heteroatoms. The number of rotatable bonds is 4. The Morgan fingerprint density at radius 1 is 1.32 bits per heavy atom. The van der Waals surface area contributed by atoms with Crippen molar-refractivity contribution in [3.63, 3.8) is 0 Å². The number of benzene rings is 1. The molecule has 1 atom stereocenters. The molecule has 1 saturated carbocycles. The Balaban J connectivity index is 1.87. The fraction of sp³-hybridized carbons (Fsp3) is 0.533. The fourth-order valence-electron chi connectivity index (χ4n) is 2.35. The maximum Gasteiger partial charge on any atom is 0.260 e. The number of halogens is 1. The van der Waals surface area contributed by atoms with Crippen molar-refractivity contribution in [2.24, 2.45) is 0 Å². The van der Waals surface area contributed by atoms with E-state index in [4.69, 9.17) is 4.74 Å². The molecule has 0 bridgehead atoms. The van der Waals surface area contributed by atoms with Crippen LogP contribution in [0.25, 0.3) is 0 Å². The lowest BCUT2D eigenvalue weighted by atomic mass is 9.95. The number of ether oxygens (including phenoxy) is 1. The summed E-state index contributed by atoms with van der Waals surface area (Å²) in [6.07, 6.45) is 5.42. The molecule has 1 fully saturated rings. The predicted octanol–water partition coefficient (Wildman–Crippen LogP) is 3.67. The van der Waals surface area contributed by atoms with Gasteiger partial charge in [-0.1, -0.05) is 31.4 Å². The van der Waals surface area contributed by atoms with Gasteiger partial charge in [0.2, 0.25) is 0 Å². The lowest BCUT2D eigenvalue weighted by Gasteiger charge is -2.24. The van der Waals surface area contributed by atoms with Crippen molar-refractivity contribution in [2.45, 2.75) is 51.2 Å². The van der Waals surface area contributed by atoms with Gasteiger partial charge in [0.05, 0.1) is 4.47 Å². The molecule has 104 valence electrons. The van der Waals surface area contributed by atoms with E-state index in [-0.39, 0.29) is 5.91 Å². The van der Waals surface area contributed by atoms with Crippen LogP contribution < -0.4 is 10.1 Å². The molecular weight excluding hydrogens is 306 g/mol. The highest BCUT2D eigenvalue weighted by molar-refractivity contribution is 9.10. The number of hydrogen-bond donors (Lipinski definition) is 1. The number of carbonyl (C=O) groups is 1. The molecule has 1 amide bonds. The third kappa shape index (κ3) is 4.23. The lowest BCUT2D eigenvalue weighted by Crippen LogP contribution is -2.43. The van der Waals surface area contributed by atoms with Gasteiger partial charge >= 0.3 is 0 Å². The molecule has 3 nitrogen and oxygen atoms in total. The summed E-state index contributed by atoms with van der Waals surface area (Å²) < 4.78 is 6.56. The van der Waals surface area contributed by atoms with E-state index < -0.39 is 6.10 Å². The van der Waals surface area contributed by atoms with E-state index in [0.29, 0.717) is 11.8 Å². The van der Waals surface area contributed by atoms with Crippen molar-refractivity contribution in [1.82, 2.24) is 5.32 Å². The average molecular weight is 326 g/mol. The van der Waals surface area contributed by atoms with Crippen LogP contribution in [0.3, 0.4) is 0 Å². The van der Waals surface area contributed by atoms with Gasteiger partial charge in [0.1, 0.15) is 5.75 Å². The molecule has 0 aliphatic heterocycles. The zero-order chi connectivity index (χ0) is 13.7. The molecule has 2 rings (SSSR count). The highest BCUT2D eigenvalue weighted by atomic mass is 79.9. The van der Waals surface area contributed by atoms with Crippen LogP contribution in [-0.4, -0.2) is 18.1 Å². The second kappa shape index (κ2) is 6.94. The number of amides is 1. The van der Waals surface area contributed by atoms with Crippen molar-refractivity contribution >= 4 is 21.8 Å². The number of para-hydroxylation sites is 1. The zero-order valence-electron chi connectivity index (χ0n) is 11.2. The van der Waals surface area contributed by atoms with Gasteiger partial charge in [-0.3, -0.25) is 4.79 Å². The van der Waals surface area contributed by atoms with E-state index in [0.717, 1.165) is 17.3 Å². The van der Waals surface area contributed by atoms with Crippen LogP contribution in [0.1, 0.15) is 39.0 Å². The minimum atomic E-state index is -0.472. The minimum absolute atomic E-state index is 0.0253. The standard InChI is InChI=1S/C15H20BrNO2/c1-11(19-14-10-6-5-9-13(14)16)15(18)17-12-7-3-2-4-8-12/h5-6,9-12H,2-4,7-8H2,1H3,(H,17,18)/t11-/m0/s1. The van der Waals surface area contributed by atoms with Gasteiger partial charge in [0.25, 0.3) is 5.91 Å². The summed E-state index contributed by atoms with van der Waals surface area (Å²) in [4.78, 5) is 12.1. The summed E-state index contributed by atoms with van der Waals surface area (Å²) in [6.45, 7) is 1.79. The molecule has 0 heterocycles. The van der Waals surface area contributed by atoms with Crippen LogP contribution in [0.4, 0.5) is 0 Å². The molecule has 1 aliphatic carbocycles. The van der Waals surface area contributed by atoms with Crippen LogP contribution in [0, 0.1) is 0 Å². The third-order valence-electron chi connectivity index (χ3n) is 3.46. The van der Waals surface area contributed by atoms with Crippen LogP contribution in [0.5, 0.6) is 5.75 Å². The van der Waals surface area contributed by atoms with E-state index in [1.165, 1.54) is 19.3 Å². The number of nitrogens with one attached hydrogen (secondary N) is 1. The molecule has 0 unspecified atom stereocenters. The van der Waals surface area contributed by atoms with Crippen LogP contribution in [0.15, 0.2) is 28.7 Å². The second-order valence-electron chi connectivity index (χ2n) is 5.03. The molecule has 0 radical (unpaired) electrons. The fourth-order valence-corrected chi connectivity index (χ4v) is 2.73. The first-order chi connectivity index (χ1) is 9.16. The molecule has 0 saturated heterocycles. The maximum atomic E-state index is 12.1. The maximum absolute atomic E-state index is 12.1. The highest BCUT2D eigenvalue weighted by Crippen LogP contribution is 2.25. The Kier molecular flexibility index (Phi) is 5.25. The average Bonchev–Trinajstić information content (AvgIpc) is 2.42. The first-order valence-electron chi connectivity index (χ1n) is 6.88. The Hall–Kier alpha value is -1.03. The SMILES string of the molecule is C[C@H](Oc1ccccc1Br)C(=O)NC1CCCCC1. The first kappa shape index (κ1) is 14.4. The summed E-state index contributed by atoms with van der Waals surface area (Å²) in [6, 6.07) is 7.90. The largest absolute Gasteiger partial charge is 0.480 e. The van der Waals surface area contributed by atoms with Crippen molar-refractivity contribution in [3.8, 4) is 5.75 Å². The van der Waals surface area contributed by atoms with Gasteiger partial charge in [-0.05, 0) is 47.8 Å². The van der Waals surface area contributed by atoms with Gasteiger partial charge in [-0.2, -0.15) is 0 Å². The molecule has 19 heavy (non-hydrogen) atoms. The number of hydrogen-bond acceptors (Lipinski definition) is 2. The van der Waals surface area contributed by atoms with Gasteiger partial charge in [0, 0.05) is 6.04 Å². The third-order valence-corrected chi connectivity index (χ3v) is 4.12. The Morgan fingerprint density at radius 2 is 2.00 bits per heavy atom. The van der Waals surface area contributed by atoms with Crippen molar-refractivity contribution in [2.75, 3.05) is 0 Å². The summed E-state index contributed by atoms with van der Waals surface area (Å²) in [7, 11) is 0. The summed E-state index contributed by atoms with van der Waals surface area (Å²) in [5.41, 5.74) is 0. The lowest BCUT2D eigenvalue weighted by molar-refractivity contribution is -0.128. The normalized spacial score (nSPS) is 17.8. The molecule has 1 aliphatic rings. The van der Waals surface area contributed by atoms with Gasteiger partial charge < -0.3 is 10.1 Å². The monoisotopic (exact) mass is 325 g/mol. The second-order valence-corrected chi connectivity index (χ2v) is 5.89. The van der Waals surface area contributed by atoms with Gasteiger partial charge in [-0.25, -0.2) is 0 Å². The van der Waals surface area contributed by atoms with E-state index in [1.54, 1.807) is 6.92 Å². The molecular formula is C15H20BrNO2. The van der Waals surface area contributed by atoms with Gasteiger partial charge in [-0.15, -0.1) is 0 Å². The molecule has 1 aromatic carbocycles. The zero-order valence-corrected chi connectivity index (χ0v) is 12.8. The Labute approximate surface area is 122 Å². The van der Waals surface area contributed by atoms with E-state index in [9.17, 15) is 4.79 Å².